The Morgan fingerprint density at radius 2 is 1.75 bits per heavy atom. The lowest BCUT2D eigenvalue weighted by Gasteiger charge is -2.22. The predicted molar refractivity (Wildman–Crippen MR) is 70.2 cm³/mol. The molecule has 0 aliphatic rings. The Balaban J connectivity index is 2.69. The van der Waals surface area contributed by atoms with Crippen LogP contribution in [0, 0.1) is 5.41 Å². The zero-order chi connectivity index (χ0) is 12.3. The van der Waals surface area contributed by atoms with Gasteiger partial charge in [0, 0.05) is 9.89 Å². The van der Waals surface area contributed by atoms with E-state index in [0.29, 0.717) is 0 Å². The van der Waals surface area contributed by atoms with Crippen LogP contribution in [0.2, 0.25) is 0 Å². The Kier molecular flexibility index (Phi) is 4.14. The first kappa shape index (κ1) is 13.2. The van der Waals surface area contributed by atoms with Gasteiger partial charge >= 0.3 is 0 Å². The molecule has 0 spiro atoms. The second-order valence-corrected chi connectivity index (χ2v) is 5.91. The number of nitrogens with one attached hydrogen (secondary N) is 1. The molecule has 88 valence electrons. The average Bonchev–Trinajstić information content (AvgIpc) is 2.17. The first-order chi connectivity index (χ1) is 7.30. The highest BCUT2D eigenvalue weighted by Crippen LogP contribution is 2.19. The first-order valence-corrected chi connectivity index (χ1v) is 6.16. The maximum Gasteiger partial charge on any atom is 0.225 e. The van der Waals surface area contributed by atoms with Crippen molar-refractivity contribution >= 4 is 21.8 Å². The third kappa shape index (κ3) is 3.63. The van der Waals surface area contributed by atoms with Crippen molar-refractivity contribution in [1.29, 1.82) is 0 Å². The van der Waals surface area contributed by atoms with Gasteiger partial charge in [0.05, 0.1) is 6.04 Å². The molecule has 1 aromatic carbocycles. The highest BCUT2D eigenvalue weighted by Gasteiger charge is 2.22. The fourth-order valence-electron chi connectivity index (χ4n) is 1.25. The van der Waals surface area contributed by atoms with E-state index in [1.807, 2.05) is 52.0 Å². The second kappa shape index (κ2) is 5.00. The van der Waals surface area contributed by atoms with Gasteiger partial charge in [-0.2, -0.15) is 0 Å². The highest BCUT2D eigenvalue weighted by molar-refractivity contribution is 9.10. The average molecular weight is 284 g/mol. The van der Waals surface area contributed by atoms with Crippen LogP contribution in [0.5, 0.6) is 0 Å². The van der Waals surface area contributed by atoms with Gasteiger partial charge in [-0.15, -0.1) is 0 Å². The molecule has 1 aromatic rings. The zero-order valence-electron chi connectivity index (χ0n) is 10.2. The van der Waals surface area contributed by atoms with Gasteiger partial charge < -0.3 is 5.32 Å². The summed E-state index contributed by atoms with van der Waals surface area (Å²) in [6.45, 7) is 7.73. The van der Waals surface area contributed by atoms with Gasteiger partial charge in [-0.1, -0.05) is 48.8 Å². The van der Waals surface area contributed by atoms with Gasteiger partial charge in [-0.25, -0.2) is 0 Å². The Labute approximate surface area is 106 Å². The molecule has 0 fully saturated rings. The van der Waals surface area contributed by atoms with Crippen LogP contribution in [0.3, 0.4) is 0 Å². The molecule has 3 heteroatoms. The molecule has 2 nitrogen and oxygen atoms in total. The normalized spacial score (nSPS) is 13.3. The number of hydrogen-bond donors (Lipinski definition) is 1. The third-order valence-corrected chi connectivity index (χ3v) is 2.93. The van der Waals surface area contributed by atoms with E-state index in [0.717, 1.165) is 10.0 Å². The predicted octanol–water partition coefficient (Wildman–Crippen LogP) is 3.67. The molecule has 0 bridgehead atoms. The fourth-order valence-corrected chi connectivity index (χ4v) is 1.51. The van der Waals surface area contributed by atoms with Crippen molar-refractivity contribution in [3.8, 4) is 0 Å². The Bertz CT molecular complexity index is 365. The molecule has 0 radical (unpaired) electrons. The van der Waals surface area contributed by atoms with Crippen molar-refractivity contribution in [3.63, 3.8) is 0 Å². The lowest BCUT2D eigenvalue weighted by Crippen LogP contribution is -2.36. The molecule has 1 amide bonds. The van der Waals surface area contributed by atoms with Crippen LogP contribution in [0.1, 0.15) is 39.3 Å². The topological polar surface area (TPSA) is 29.1 Å². The molecule has 1 atom stereocenters. The van der Waals surface area contributed by atoms with Crippen molar-refractivity contribution in [3.05, 3.63) is 34.3 Å². The quantitative estimate of drug-likeness (QED) is 0.882. The lowest BCUT2D eigenvalue weighted by atomic mass is 9.95. The maximum absolute atomic E-state index is 11.8. The van der Waals surface area contributed by atoms with Gasteiger partial charge in [0.25, 0.3) is 0 Å². The summed E-state index contributed by atoms with van der Waals surface area (Å²) in [5.41, 5.74) is 0.768. The van der Waals surface area contributed by atoms with E-state index < -0.39 is 0 Å². The first-order valence-electron chi connectivity index (χ1n) is 5.37. The number of halogens is 1. The van der Waals surface area contributed by atoms with Crippen LogP contribution in [-0.4, -0.2) is 5.91 Å². The van der Waals surface area contributed by atoms with Crippen LogP contribution in [0.4, 0.5) is 0 Å². The molecule has 0 aromatic heterocycles. The van der Waals surface area contributed by atoms with E-state index in [9.17, 15) is 4.79 Å². The Hall–Kier alpha value is -0.830. The molecular formula is C13H18BrNO. The molecule has 1 N–H and O–H groups in total. The van der Waals surface area contributed by atoms with Crippen LogP contribution >= 0.6 is 15.9 Å². The number of rotatable bonds is 2. The number of carbonyl (C=O) groups excluding carboxylic acids is 1. The Morgan fingerprint density at radius 1 is 1.25 bits per heavy atom. The standard InChI is InChI=1S/C13H18BrNO/c1-9(15-12(16)13(2,3)4)10-5-7-11(14)8-6-10/h5-9H,1-4H3,(H,15,16)/t9-/m1/s1. The number of carbonyl (C=O) groups is 1. The summed E-state index contributed by atoms with van der Waals surface area (Å²) in [5.74, 6) is 0.0721. The largest absolute Gasteiger partial charge is 0.349 e. The van der Waals surface area contributed by atoms with E-state index in [1.165, 1.54) is 0 Å². The summed E-state index contributed by atoms with van der Waals surface area (Å²) in [4.78, 5) is 11.8. The van der Waals surface area contributed by atoms with Crippen molar-refractivity contribution in [1.82, 2.24) is 5.32 Å². The number of amides is 1. The molecule has 0 aliphatic heterocycles. The second-order valence-electron chi connectivity index (χ2n) is 5.00. The van der Waals surface area contributed by atoms with E-state index in [4.69, 9.17) is 0 Å². The van der Waals surface area contributed by atoms with Crippen molar-refractivity contribution in [2.75, 3.05) is 0 Å². The minimum Gasteiger partial charge on any atom is -0.349 e. The molecular weight excluding hydrogens is 266 g/mol. The maximum atomic E-state index is 11.8. The lowest BCUT2D eigenvalue weighted by molar-refractivity contribution is -0.129. The minimum absolute atomic E-state index is 0.0415. The van der Waals surface area contributed by atoms with Crippen molar-refractivity contribution in [2.24, 2.45) is 5.41 Å². The molecule has 0 saturated carbocycles. The van der Waals surface area contributed by atoms with Gasteiger partial charge in [0.15, 0.2) is 0 Å². The van der Waals surface area contributed by atoms with E-state index in [-0.39, 0.29) is 17.4 Å². The minimum atomic E-state index is -0.344. The fraction of sp³-hybridized carbons (Fsp3) is 0.462. The highest BCUT2D eigenvalue weighted by atomic mass is 79.9. The summed E-state index contributed by atoms with van der Waals surface area (Å²) in [5, 5.41) is 3.00. The molecule has 16 heavy (non-hydrogen) atoms. The van der Waals surface area contributed by atoms with Gasteiger partial charge in [-0.05, 0) is 24.6 Å². The SMILES string of the molecule is C[C@@H](NC(=O)C(C)(C)C)c1ccc(Br)cc1. The summed E-state index contributed by atoms with van der Waals surface area (Å²) >= 11 is 3.39. The molecule has 0 saturated heterocycles. The van der Waals surface area contributed by atoms with Gasteiger partial charge in [0.2, 0.25) is 5.91 Å². The number of benzene rings is 1. The van der Waals surface area contributed by atoms with Crippen LogP contribution in [0.15, 0.2) is 28.7 Å². The van der Waals surface area contributed by atoms with Gasteiger partial charge in [-0.3, -0.25) is 4.79 Å². The zero-order valence-corrected chi connectivity index (χ0v) is 11.8. The third-order valence-electron chi connectivity index (χ3n) is 2.40. The molecule has 0 unspecified atom stereocenters. The summed E-state index contributed by atoms with van der Waals surface area (Å²) in [6, 6.07) is 8.03. The van der Waals surface area contributed by atoms with Crippen LogP contribution < -0.4 is 5.32 Å². The monoisotopic (exact) mass is 283 g/mol. The van der Waals surface area contributed by atoms with Crippen molar-refractivity contribution in [2.45, 2.75) is 33.7 Å². The van der Waals surface area contributed by atoms with Crippen LogP contribution in [0.25, 0.3) is 0 Å². The Morgan fingerprint density at radius 3 is 2.19 bits per heavy atom. The van der Waals surface area contributed by atoms with Gasteiger partial charge in [0.1, 0.15) is 0 Å². The van der Waals surface area contributed by atoms with Crippen molar-refractivity contribution < 1.29 is 4.79 Å². The summed E-state index contributed by atoms with van der Waals surface area (Å²) < 4.78 is 1.05. The van der Waals surface area contributed by atoms with E-state index >= 15 is 0 Å². The van der Waals surface area contributed by atoms with Crippen LogP contribution in [-0.2, 0) is 4.79 Å². The smallest absolute Gasteiger partial charge is 0.225 e. The summed E-state index contributed by atoms with van der Waals surface area (Å²) in [7, 11) is 0. The van der Waals surface area contributed by atoms with E-state index in [2.05, 4.69) is 21.2 Å². The van der Waals surface area contributed by atoms with E-state index in [1.54, 1.807) is 0 Å². The molecule has 0 aliphatic carbocycles. The molecule has 0 heterocycles. The molecule has 1 rings (SSSR count). The number of hydrogen-bond acceptors (Lipinski definition) is 1. The summed E-state index contributed by atoms with van der Waals surface area (Å²) in [6.07, 6.45) is 0.